The monoisotopic (exact) mass is 390 g/mol. The van der Waals surface area contributed by atoms with E-state index in [4.69, 9.17) is 9.68 Å². The summed E-state index contributed by atoms with van der Waals surface area (Å²) in [6, 6.07) is 18.7. The van der Waals surface area contributed by atoms with Gasteiger partial charge in [0.15, 0.2) is 11.5 Å². The molecule has 3 rings (SSSR count). The van der Waals surface area contributed by atoms with E-state index in [1.807, 2.05) is 54.6 Å². The molecule has 0 aliphatic rings. The first-order chi connectivity index (χ1) is 14.2. The highest BCUT2D eigenvalue weighted by Crippen LogP contribution is 2.16. The van der Waals surface area contributed by atoms with Crippen molar-refractivity contribution in [1.29, 1.82) is 5.26 Å². The zero-order valence-electron chi connectivity index (χ0n) is 16.0. The molecule has 7 nitrogen and oxygen atoms in total. The number of anilines is 1. The second kappa shape index (κ2) is 10.0. The average Bonchev–Trinajstić information content (AvgIpc) is 3.16. The predicted molar refractivity (Wildman–Crippen MR) is 109 cm³/mol. The van der Waals surface area contributed by atoms with Crippen LogP contribution in [0.3, 0.4) is 0 Å². The van der Waals surface area contributed by atoms with Crippen LogP contribution in [0, 0.1) is 11.3 Å². The molecule has 0 saturated heterocycles. The maximum atomic E-state index is 12.6. The zero-order valence-corrected chi connectivity index (χ0v) is 16.0. The van der Waals surface area contributed by atoms with Gasteiger partial charge in [0.05, 0.1) is 12.5 Å². The summed E-state index contributed by atoms with van der Waals surface area (Å²) >= 11 is 0. The van der Waals surface area contributed by atoms with Crippen LogP contribution in [0.1, 0.15) is 25.2 Å². The average molecular weight is 390 g/mol. The van der Waals surface area contributed by atoms with Crippen LogP contribution >= 0.6 is 0 Å². The van der Waals surface area contributed by atoms with Gasteiger partial charge in [-0.05, 0) is 24.3 Å². The third-order valence-corrected chi connectivity index (χ3v) is 4.38. The highest BCUT2D eigenvalue weighted by Gasteiger charge is 2.16. The lowest BCUT2D eigenvalue weighted by molar-refractivity contribution is -0.125. The molecular formula is C22H22N4O3. The second-order valence-corrected chi connectivity index (χ2v) is 6.46. The highest BCUT2D eigenvalue weighted by molar-refractivity contribution is 5.95. The molecule has 0 radical (unpaired) electrons. The Bertz CT molecular complexity index is 975. The number of rotatable bonds is 9. The van der Waals surface area contributed by atoms with Crippen molar-refractivity contribution in [1.82, 2.24) is 10.3 Å². The van der Waals surface area contributed by atoms with Crippen molar-refractivity contribution < 1.29 is 14.0 Å². The minimum atomic E-state index is -0.206. The number of nitriles is 1. The predicted octanol–water partition coefficient (Wildman–Crippen LogP) is 3.21. The lowest BCUT2D eigenvalue weighted by Gasteiger charge is -2.21. The Morgan fingerprint density at radius 2 is 1.83 bits per heavy atom. The number of carbonyl (C=O) groups is 2. The van der Waals surface area contributed by atoms with Crippen LogP contribution in [0.2, 0.25) is 0 Å². The first kappa shape index (κ1) is 20.1. The van der Waals surface area contributed by atoms with Crippen LogP contribution in [0.4, 0.5) is 5.69 Å². The lowest BCUT2D eigenvalue weighted by atomic mass is 10.2. The fourth-order valence-electron chi connectivity index (χ4n) is 2.95. The number of benzene rings is 2. The molecule has 3 aromatic rings. The quantitative estimate of drug-likeness (QED) is 0.605. The SMILES string of the molecule is N#CCCN(C(=O)CCC(=O)NCCc1nc2ccccc2o1)c1ccccc1. The Morgan fingerprint density at radius 3 is 2.59 bits per heavy atom. The third kappa shape index (κ3) is 5.66. The largest absolute Gasteiger partial charge is 0.441 e. The molecule has 0 spiro atoms. The Labute approximate surface area is 168 Å². The molecule has 0 fully saturated rings. The van der Waals surface area contributed by atoms with Gasteiger partial charge in [0.2, 0.25) is 11.8 Å². The minimum Gasteiger partial charge on any atom is -0.441 e. The minimum absolute atomic E-state index is 0.0784. The lowest BCUT2D eigenvalue weighted by Crippen LogP contribution is -2.33. The molecule has 2 amide bonds. The summed E-state index contributed by atoms with van der Waals surface area (Å²) in [5.74, 6) is 0.178. The van der Waals surface area contributed by atoms with Gasteiger partial charge in [0.1, 0.15) is 5.52 Å². The van der Waals surface area contributed by atoms with Crippen molar-refractivity contribution in [3.05, 3.63) is 60.5 Å². The number of fused-ring (bicyclic) bond motifs is 1. The van der Waals surface area contributed by atoms with Crippen molar-refractivity contribution in [2.45, 2.75) is 25.7 Å². The molecule has 148 valence electrons. The van der Waals surface area contributed by atoms with Gasteiger partial charge in [0.25, 0.3) is 0 Å². The third-order valence-electron chi connectivity index (χ3n) is 4.38. The molecule has 1 aromatic heterocycles. The Balaban J connectivity index is 1.46. The van der Waals surface area contributed by atoms with Crippen molar-refractivity contribution in [2.75, 3.05) is 18.0 Å². The molecular weight excluding hydrogens is 368 g/mol. The summed E-state index contributed by atoms with van der Waals surface area (Å²) in [5.41, 5.74) is 2.24. The number of amides is 2. The number of hydrogen-bond donors (Lipinski definition) is 1. The summed E-state index contributed by atoms with van der Waals surface area (Å²) < 4.78 is 5.62. The van der Waals surface area contributed by atoms with Gasteiger partial charge in [-0.3, -0.25) is 9.59 Å². The summed E-state index contributed by atoms with van der Waals surface area (Å²) in [7, 11) is 0. The van der Waals surface area contributed by atoms with E-state index >= 15 is 0 Å². The molecule has 7 heteroatoms. The summed E-state index contributed by atoms with van der Waals surface area (Å²) in [5, 5.41) is 11.6. The number of nitrogens with one attached hydrogen (secondary N) is 1. The van der Waals surface area contributed by atoms with Crippen molar-refractivity contribution in [2.24, 2.45) is 0 Å². The van der Waals surface area contributed by atoms with Crippen LogP contribution in [-0.2, 0) is 16.0 Å². The number of oxazole rings is 1. The van der Waals surface area contributed by atoms with Crippen LogP contribution < -0.4 is 10.2 Å². The molecule has 0 aliphatic heterocycles. The van der Waals surface area contributed by atoms with E-state index in [2.05, 4.69) is 16.4 Å². The number of aromatic nitrogens is 1. The molecule has 0 saturated carbocycles. The Kier molecular flexibility index (Phi) is 6.95. The van der Waals surface area contributed by atoms with E-state index in [-0.39, 0.29) is 31.1 Å². The number of para-hydroxylation sites is 3. The summed E-state index contributed by atoms with van der Waals surface area (Å²) in [6.07, 6.45) is 0.876. The van der Waals surface area contributed by atoms with E-state index in [0.29, 0.717) is 25.4 Å². The topological polar surface area (TPSA) is 99.2 Å². The van der Waals surface area contributed by atoms with Crippen LogP contribution in [0.25, 0.3) is 11.1 Å². The fraction of sp³-hybridized carbons (Fsp3) is 0.273. The van der Waals surface area contributed by atoms with Gasteiger partial charge >= 0.3 is 0 Å². The molecule has 0 bridgehead atoms. The zero-order chi connectivity index (χ0) is 20.5. The van der Waals surface area contributed by atoms with Gasteiger partial charge < -0.3 is 14.6 Å². The maximum absolute atomic E-state index is 12.6. The summed E-state index contributed by atoms with van der Waals surface area (Å²) in [4.78, 5) is 30.6. The van der Waals surface area contributed by atoms with E-state index in [1.54, 1.807) is 4.90 Å². The van der Waals surface area contributed by atoms with Crippen molar-refractivity contribution in [3.8, 4) is 6.07 Å². The van der Waals surface area contributed by atoms with E-state index < -0.39 is 0 Å². The fourth-order valence-corrected chi connectivity index (χ4v) is 2.95. The van der Waals surface area contributed by atoms with Gasteiger partial charge in [0, 0.05) is 38.0 Å². The van der Waals surface area contributed by atoms with Crippen LogP contribution in [0.15, 0.2) is 59.0 Å². The Hall–Kier alpha value is -3.66. The van der Waals surface area contributed by atoms with Crippen LogP contribution in [-0.4, -0.2) is 29.9 Å². The molecule has 0 aliphatic carbocycles. The standard InChI is InChI=1S/C22H22N4O3/c23-14-6-16-26(17-7-2-1-3-8-17)22(28)12-11-20(27)24-15-13-21-25-18-9-4-5-10-19(18)29-21/h1-5,7-10H,6,11-13,15-16H2,(H,24,27). The molecule has 0 unspecified atom stereocenters. The van der Waals surface area contributed by atoms with Gasteiger partial charge in [-0.25, -0.2) is 4.98 Å². The van der Waals surface area contributed by atoms with E-state index in [1.165, 1.54) is 0 Å². The number of hydrogen-bond acceptors (Lipinski definition) is 5. The van der Waals surface area contributed by atoms with E-state index in [0.717, 1.165) is 16.8 Å². The van der Waals surface area contributed by atoms with Gasteiger partial charge in [-0.1, -0.05) is 30.3 Å². The van der Waals surface area contributed by atoms with Gasteiger partial charge in [-0.15, -0.1) is 0 Å². The highest BCUT2D eigenvalue weighted by atomic mass is 16.3. The molecule has 0 atom stereocenters. The van der Waals surface area contributed by atoms with E-state index in [9.17, 15) is 9.59 Å². The van der Waals surface area contributed by atoms with Crippen molar-refractivity contribution >= 4 is 28.6 Å². The summed E-state index contributed by atoms with van der Waals surface area (Å²) in [6.45, 7) is 0.690. The number of nitrogens with zero attached hydrogens (tertiary/aromatic N) is 3. The molecule has 29 heavy (non-hydrogen) atoms. The van der Waals surface area contributed by atoms with Gasteiger partial charge in [-0.2, -0.15) is 5.26 Å². The molecule has 2 aromatic carbocycles. The van der Waals surface area contributed by atoms with Crippen LogP contribution in [0.5, 0.6) is 0 Å². The molecule has 1 N–H and O–H groups in total. The first-order valence-electron chi connectivity index (χ1n) is 9.51. The maximum Gasteiger partial charge on any atom is 0.227 e. The first-order valence-corrected chi connectivity index (χ1v) is 9.51. The van der Waals surface area contributed by atoms with Crippen molar-refractivity contribution in [3.63, 3.8) is 0 Å². The smallest absolute Gasteiger partial charge is 0.227 e. The molecule has 1 heterocycles. The normalized spacial score (nSPS) is 10.4. The number of carbonyl (C=O) groups excluding carboxylic acids is 2. The Morgan fingerprint density at radius 1 is 1.07 bits per heavy atom. The second-order valence-electron chi connectivity index (χ2n) is 6.46.